The first-order valence-electron chi connectivity index (χ1n) is 7.69. The van der Waals surface area contributed by atoms with Crippen molar-refractivity contribution in [3.8, 4) is 0 Å². The van der Waals surface area contributed by atoms with E-state index in [-0.39, 0.29) is 23.8 Å². The maximum Gasteiger partial charge on any atom is 0.310 e. The summed E-state index contributed by atoms with van der Waals surface area (Å²) in [5.74, 6) is -1.29. The quantitative estimate of drug-likeness (QED) is 0.389. The third-order valence-corrected chi connectivity index (χ3v) is 3.52. The van der Waals surface area contributed by atoms with Crippen molar-refractivity contribution < 1.29 is 19.1 Å². The summed E-state index contributed by atoms with van der Waals surface area (Å²) in [6.45, 7) is 4.97. The van der Waals surface area contributed by atoms with Gasteiger partial charge in [0.15, 0.2) is 0 Å². The predicted molar refractivity (Wildman–Crippen MR) is 77.1 cm³/mol. The topological polar surface area (TPSA) is 52.6 Å². The molecule has 2 unspecified atom stereocenters. The second-order valence-corrected chi connectivity index (χ2v) is 5.20. The van der Waals surface area contributed by atoms with Gasteiger partial charge in [0.05, 0.1) is 25.0 Å². The third kappa shape index (κ3) is 5.35. The van der Waals surface area contributed by atoms with Crippen molar-refractivity contribution in [2.45, 2.75) is 52.4 Å². The second-order valence-electron chi connectivity index (χ2n) is 5.20. The smallest absolute Gasteiger partial charge is 0.310 e. The normalized spacial score (nSPS) is 21.5. The molecule has 4 nitrogen and oxygen atoms in total. The van der Waals surface area contributed by atoms with Gasteiger partial charge in [-0.2, -0.15) is 0 Å². The molecule has 1 aliphatic carbocycles. The molecule has 20 heavy (non-hydrogen) atoms. The van der Waals surface area contributed by atoms with E-state index in [0.29, 0.717) is 26.1 Å². The zero-order valence-corrected chi connectivity index (χ0v) is 12.6. The monoisotopic (exact) mass is 282 g/mol. The first kappa shape index (κ1) is 16.7. The molecular weight excluding hydrogens is 256 g/mol. The zero-order valence-electron chi connectivity index (χ0n) is 12.6. The number of carbonyl (C=O) groups excluding carboxylic acids is 2. The number of allylic oxidation sites excluding steroid dienone is 2. The Morgan fingerprint density at radius 2 is 1.30 bits per heavy atom. The van der Waals surface area contributed by atoms with Crippen LogP contribution in [0, 0.1) is 11.8 Å². The van der Waals surface area contributed by atoms with Crippen molar-refractivity contribution in [3.05, 3.63) is 12.2 Å². The molecule has 0 fully saturated rings. The second kappa shape index (κ2) is 9.56. The van der Waals surface area contributed by atoms with E-state index in [1.165, 1.54) is 0 Å². The highest BCUT2D eigenvalue weighted by Crippen LogP contribution is 2.28. The maximum atomic E-state index is 12.1. The van der Waals surface area contributed by atoms with Crippen LogP contribution in [0.15, 0.2) is 12.2 Å². The van der Waals surface area contributed by atoms with Crippen LogP contribution in [-0.4, -0.2) is 25.2 Å². The number of rotatable bonds is 8. The van der Waals surface area contributed by atoms with Gasteiger partial charge in [-0.15, -0.1) is 0 Å². The van der Waals surface area contributed by atoms with Crippen LogP contribution in [0.2, 0.25) is 0 Å². The lowest BCUT2D eigenvalue weighted by Gasteiger charge is -2.25. The average Bonchev–Trinajstić information content (AvgIpc) is 2.47. The molecule has 0 aliphatic heterocycles. The van der Waals surface area contributed by atoms with E-state index < -0.39 is 0 Å². The first-order chi connectivity index (χ1) is 9.70. The van der Waals surface area contributed by atoms with Gasteiger partial charge in [0, 0.05) is 0 Å². The van der Waals surface area contributed by atoms with E-state index in [4.69, 9.17) is 9.47 Å². The Balaban J connectivity index is 2.51. The van der Waals surface area contributed by atoms with Crippen LogP contribution in [0.4, 0.5) is 0 Å². The molecular formula is C16H26O4. The Labute approximate surface area is 121 Å². The lowest BCUT2D eigenvalue weighted by Crippen LogP contribution is -2.34. The molecule has 0 radical (unpaired) electrons. The summed E-state index contributed by atoms with van der Waals surface area (Å²) in [5.41, 5.74) is 0. The molecule has 0 heterocycles. The van der Waals surface area contributed by atoms with Gasteiger partial charge in [0.25, 0.3) is 0 Å². The van der Waals surface area contributed by atoms with Gasteiger partial charge in [-0.1, -0.05) is 38.8 Å². The molecule has 0 aromatic rings. The van der Waals surface area contributed by atoms with Gasteiger partial charge in [-0.25, -0.2) is 0 Å². The fraction of sp³-hybridized carbons (Fsp3) is 0.750. The summed E-state index contributed by atoms with van der Waals surface area (Å²) >= 11 is 0. The largest absolute Gasteiger partial charge is 0.465 e. The fourth-order valence-electron chi connectivity index (χ4n) is 2.18. The van der Waals surface area contributed by atoms with Crippen LogP contribution < -0.4 is 0 Å². The van der Waals surface area contributed by atoms with Crippen molar-refractivity contribution in [1.82, 2.24) is 0 Å². The predicted octanol–water partition coefficient (Wildman–Crippen LogP) is 3.26. The Bertz CT molecular complexity index is 303. The Kier molecular flexibility index (Phi) is 8.00. The van der Waals surface area contributed by atoms with Crippen LogP contribution in [0.25, 0.3) is 0 Å². The van der Waals surface area contributed by atoms with Gasteiger partial charge in [0.2, 0.25) is 0 Å². The summed E-state index contributed by atoms with van der Waals surface area (Å²) in [6, 6.07) is 0. The molecule has 0 aromatic heterocycles. The van der Waals surface area contributed by atoms with Gasteiger partial charge in [-0.3, -0.25) is 9.59 Å². The van der Waals surface area contributed by atoms with Crippen LogP contribution in [-0.2, 0) is 19.1 Å². The molecule has 0 saturated carbocycles. The molecule has 114 valence electrons. The van der Waals surface area contributed by atoms with E-state index in [0.717, 1.165) is 25.7 Å². The van der Waals surface area contributed by atoms with E-state index in [1.807, 2.05) is 26.0 Å². The minimum Gasteiger partial charge on any atom is -0.465 e. The summed E-state index contributed by atoms with van der Waals surface area (Å²) in [7, 11) is 0. The van der Waals surface area contributed by atoms with Gasteiger partial charge in [0.1, 0.15) is 0 Å². The summed E-state index contributed by atoms with van der Waals surface area (Å²) in [6.07, 6.45) is 8.72. The van der Waals surface area contributed by atoms with Crippen molar-refractivity contribution in [2.24, 2.45) is 11.8 Å². The Hall–Kier alpha value is -1.32. The number of esters is 2. The number of carbonyl (C=O) groups is 2. The minimum atomic E-state index is -0.383. The molecule has 1 aliphatic rings. The van der Waals surface area contributed by atoms with Crippen LogP contribution in [0.3, 0.4) is 0 Å². The standard InChI is InChI=1S/C16H26O4/c1-3-5-11-19-15(17)13-9-7-8-10-14(13)16(18)20-12-6-4-2/h7-8,13-14H,3-6,9-12H2,1-2H3. The van der Waals surface area contributed by atoms with Crippen molar-refractivity contribution >= 4 is 11.9 Å². The van der Waals surface area contributed by atoms with E-state index in [2.05, 4.69) is 0 Å². The maximum absolute atomic E-state index is 12.1. The summed E-state index contributed by atoms with van der Waals surface area (Å²) in [5, 5.41) is 0. The molecule has 0 amide bonds. The van der Waals surface area contributed by atoms with Crippen LogP contribution in [0.5, 0.6) is 0 Å². The van der Waals surface area contributed by atoms with E-state index in [9.17, 15) is 9.59 Å². The Morgan fingerprint density at radius 1 is 0.900 bits per heavy atom. The Morgan fingerprint density at radius 3 is 1.65 bits per heavy atom. The highest BCUT2D eigenvalue weighted by Gasteiger charge is 2.36. The number of hydrogen-bond donors (Lipinski definition) is 0. The van der Waals surface area contributed by atoms with Crippen LogP contribution >= 0.6 is 0 Å². The third-order valence-electron chi connectivity index (χ3n) is 3.52. The van der Waals surface area contributed by atoms with Gasteiger partial charge < -0.3 is 9.47 Å². The lowest BCUT2D eigenvalue weighted by atomic mass is 9.83. The fourth-order valence-corrected chi connectivity index (χ4v) is 2.18. The average molecular weight is 282 g/mol. The zero-order chi connectivity index (χ0) is 14.8. The van der Waals surface area contributed by atoms with Crippen molar-refractivity contribution in [2.75, 3.05) is 13.2 Å². The van der Waals surface area contributed by atoms with Gasteiger partial charge >= 0.3 is 11.9 Å². The highest BCUT2D eigenvalue weighted by atomic mass is 16.5. The minimum absolute atomic E-state index is 0.264. The molecule has 0 spiro atoms. The molecule has 0 aromatic carbocycles. The summed E-state index contributed by atoms with van der Waals surface area (Å²) in [4.78, 5) is 24.1. The molecule has 4 heteroatoms. The number of ether oxygens (including phenoxy) is 2. The first-order valence-corrected chi connectivity index (χ1v) is 7.69. The molecule has 0 N–H and O–H groups in total. The van der Waals surface area contributed by atoms with E-state index in [1.54, 1.807) is 0 Å². The van der Waals surface area contributed by atoms with Crippen molar-refractivity contribution in [1.29, 1.82) is 0 Å². The van der Waals surface area contributed by atoms with Crippen molar-refractivity contribution in [3.63, 3.8) is 0 Å². The number of hydrogen-bond acceptors (Lipinski definition) is 4. The van der Waals surface area contributed by atoms with E-state index >= 15 is 0 Å². The molecule has 0 saturated heterocycles. The highest BCUT2D eigenvalue weighted by molar-refractivity contribution is 5.82. The summed E-state index contributed by atoms with van der Waals surface area (Å²) < 4.78 is 10.5. The molecule has 2 atom stereocenters. The van der Waals surface area contributed by atoms with Crippen LogP contribution in [0.1, 0.15) is 52.4 Å². The van der Waals surface area contributed by atoms with Gasteiger partial charge in [-0.05, 0) is 25.7 Å². The SMILES string of the molecule is CCCCOC(=O)C1CC=CCC1C(=O)OCCCC. The lowest BCUT2D eigenvalue weighted by molar-refractivity contribution is -0.161. The molecule has 0 bridgehead atoms. The number of unbranched alkanes of at least 4 members (excludes halogenated alkanes) is 2. The molecule has 1 rings (SSSR count).